The fourth-order valence-corrected chi connectivity index (χ4v) is 1.87. The molecule has 0 amide bonds. The van der Waals surface area contributed by atoms with Crippen molar-refractivity contribution in [3.63, 3.8) is 0 Å². The van der Waals surface area contributed by atoms with Gasteiger partial charge in [0.05, 0.1) is 0 Å². The van der Waals surface area contributed by atoms with Gasteiger partial charge in [-0.1, -0.05) is 34.5 Å². The van der Waals surface area contributed by atoms with Crippen molar-refractivity contribution in [3.05, 3.63) is 35.9 Å². The molecule has 0 spiro atoms. The first-order valence-electron chi connectivity index (χ1n) is 4.31. The normalized spacial score (nSPS) is 15.2. The largest absolute Gasteiger partial charge is 0.211 e. The predicted molar refractivity (Wildman–Crippen MR) is 56.2 cm³/mol. The molecule has 0 fully saturated rings. The van der Waals surface area contributed by atoms with Crippen LogP contribution < -0.4 is 0 Å². The van der Waals surface area contributed by atoms with Crippen LogP contribution in [-0.4, -0.2) is 16.6 Å². The summed E-state index contributed by atoms with van der Waals surface area (Å²) >= 11 is 0. The van der Waals surface area contributed by atoms with Gasteiger partial charge in [0.15, 0.2) is 0 Å². The molecule has 0 bridgehead atoms. The van der Waals surface area contributed by atoms with Crippen molar-refractivity contribution in [2.24, 2.45) is 0 Å². The van der Waals surface area contributed by atoms with Gasteiger partial charge < -0.3 is 0 Å². The molecule has 1 rings (SSSR count). The van der Waals surface area contributed by atoms with Crippen LogP contribution in [0, 0.1) is 0 Å². The predicted octanol–water partition coefficient (Wildman–Crippen LogP) is 2.22. The first-order valence-corrected chi connectivity index (χ1v) is 6.40. The summed E-state index contributed by atoms with van der Waals surface area (Å²) in [7, 11) is -2.54. The lowest BCUT2D eigenvalue weighted by Gasteiger charge is -1.99. The summed E-state index contributed by atoms with van der Waals surface area (Å²) < 4.78 is 20.0. The van der Waals surface area contributed by atoms with Gasteiger partial charge >= 0.3 is 0 Å². The zero-order valence-electron chi connectivity index (χ0n) is 7.77. The Morgan fingerprint density at radius 3 is 2.46 bits per heavy atom. The van der Waals surface area contributed by atoms with E-state index in [1.807, 2.05) is 30.3 Å². The Kier molecular flexibility index (Phi) is 3.63. The SMILES string of the molecule is C[S+](=O)(O)CCCc1ccccc1. The summed E-state index contributed by atoms with van der Waals surface area (Å²) in [4.78, 5) is 0. The highest BCUT2D eigenvalue weighted by Gasteiger charge is 2.14. The molecule has 1 atom stereocenters. The van der Waals surface area contributed by atoms with Crippen LogP contribution in [0.4, 0.5) is 0 Å². The van der Waals surface area contributed by atoms with E-state index >= 15 is 0 Å². The second kappa shape index (κ2) is 4.53. The minimum atomic E-state index is -2.54. The molecule has 2 nitrogen and oxygen atoms in total. The lowest BCUT2D eigenvalue weighted by Crippen LogP contribution is -2.11. The highest BCUT2D eigenvalue weighted by atomic mass is 32.3. The Bertz CT molecular complexity index is 289. The van der Waals surface area contributed by atoms with Gasteiger partial charge in [-0.15, -0.1) is 0 Å². The number of benzene rings is 1. The second-order valence-electron chi connectivity index (χ2n) is 3.25. The van der Waals surface area contributed by atoms with Gasteiger partial charge in [0.1, 0.15) is 12.0 Å². The lowest BCUT2D eigenvalue weighted by atomic mass is 10.1. The summed E-state index contributed by atoms with van der Waals surface area (Å²) in [5.41, 5.74) is 1.23. The van der Waals surface area contributed by atoms with Crippen LogP contribution in [0.1, 0.15) is 12.0 Å². The van der Waals surface area contributed by atoms with E-state index in [1.54, 1.807) is 0 Å². The van der Waals surface area contributed by atoms with E-state index in [-0.39, 0.29) is 0 Å². The molecule has 0 saturated heterocycles. The quantitative estimate of drug-likeness (QED) is 0.755. The molecular weight excluding hydrogens is 184 g/mol. The third kappa shape index (κ3) is 4.80. The number of rotatable bonds is 4. The molecule has 1 unspecified atom stereocenters. The van der Waals surface area contributed by atoms with Crippen molar-refractivity contribution < 1.29 is 8.76 Å². The van der Waals surface area contributed by atoms with Crippen LogP contribution >= 0.6 is 0 Å². The lowest BCUT2D eigenvalue weighted by molar-refractivity contribution is 0.501. The summed E-state index contributed by atoms with van der Waals surface area (Å²) in [5.74, 6) is 0.391. The van der Waals surface area contributed by atoms with E-state index in [1.165, 1.54) is 11.8 Å². The molecule has 0 aliphatic carbocycles. The summed E-state index contributed by atoms with van der Waals surface area (Å²) in [5, 5.41) is 0. The highest BCUT2D eigenvalue weighted by molar-refractivity contribution is 7.97. The standard InChI is InChI=1S/C10H14O2S/c1-13(11,12)9-5-8-10-6-3-2-4-7-10/h2-4,6-7H,5,8-9H2,1H3/p+1. The van der Waals surface area contributed by atoms with E-state index < -0.39 is 10.2 Å². The van der Waals surface area contributed by atoms with Crippen molar-refractivity contribution in [2.45, 2.75) is 12.8 Å². The number of hydrogen-bond donors (Lipinski definition) is 1. The maximum Gasteiger partial charge on any atom is 0.211 e. The smallest absolute Gasteiger partial charge is 0.188 e. The van der Waals surface area contributed by atoms with Gasteiger partial charge in [-0.05, 0) is 18.4 Å². The monoisotopic (exact) mass is 199 g/mol. The zero-order valence-corrected chi connectivity index (χ0v) is 8.59. The molecule has 1 N–H and O–H groups in total. The highest BCUT2D eigenvalue weighted by Crippen LogP contribution is 2.05. The topological polar surface area (TPSA) is 37.3 Å². The fraction of sp³-hybridized carbons (Fsp3) is 0.400. The Labute approximate surface area is 80.2 Å². The first kappa shape index (κ1) is 10.4. The molecule has 72 valence electrons. The molecule has 1 aromatic carbocycles. The van der Waals surface area contributed by atoms with E-state index in [2.05, 4.69) is 0 Å². The van der Waals surface area contributed by atoms with Crippen molar-refractivity contribution >= 4 is 10.2 Å². The van der Waals surface area contributed by atoms with Crippen LogP contribution in [0.5, 0.6) is 0 Å². The van der Waals surface area contributed by atoms with E-state index in [0.29, 0.717) is 5.75 Å². The average molecular weight is 199 g/mol. The van der Waals surface area contributed by atoms with Gasteiger partial charge in [0.25, 0.3) is 0 Å². The van der Waals surface area contributed by atoms with Crippen LogP contribution in [0.2, 0.25) is 0 Å². The minimum absolute atomic E-state index is 0.391. The summed E-state index contributed by atoms with van der Waals surface area (Å²) in [6.07, 6.45) is 3.04. The molecule has 0 saturated carbocycles. The molecule has 0 aromatic heterocycles. The van der Waals surface area contributed by atoms with Gasteiger partial charge in [-0.3, -0.25) is 0 Å². The van der Waals surface area contributed by atoms with Crippen LogP contribution in [0.25, 0.3) is 0 Å². The van der Waals surface area contributed by atoms with Crippen LogP contribution in [0.3, 0.4) is 0 Å². The molecule has 3 heteroatoms. The Morgan fingerprint density at radius 1 is 1.31 bits per heavy atom. The van der Waals surface area contributed by atoms with Gasteiger partial charge in [-0.2, -0.15) is 4.55 Å². The second-order valence-corrected chi connectivity index (χ2v) is 5.58. The van der Waals surface area contributed by atoms with Crippen molar-refractivity contribution in [3.8, 4) is 0 Å². The molecule has 0 radical (unpaired) electrons. The Balaban J connectivity index is 2.33. The van der Waals surface area contributed by atoms with Gasteiger partial charge in [0.2, 0.25) is 10.2 Å². The van der Waals surface area contributed by atoms with Crippen molar-refractivity contribution in [1.29, 1.82) is 0 Å². The summed E-state index contributed by atoms with van der Waals surface area (Å²) in [6.45, 7) is 0. The Morgan fingerprint density at radius 2 is 1.92 bits per heavy atom. The summed E-state index contributed by atoms with van der Waals surface area (Å²) in [6, 6.07) is 10.0. The maximum absolute atomic E-state index is 10.9. The molecule has 13 heavy (non-hydrogen) atoms. The maximum atomic E-state index is 10.9. The van der Waals surface area contributed by atoms with E-state index in [9.17, 15) is 4.21 Å². The first-order chi connectivity index (χ1) is 6.08. The van der Waals surface area contributed by atoms with Crippen LogP contribution in [-0.2, 0) is 20.8 Å². The van der Waals surface area contributed by atoms with Crippen molar-refractivity contribution in [2.75, 3.05) is 12.0 Å². The molecule has 0 aliphatic heterocycles. The molecule has 0 heterocycles. The number of hydrogen-bond acceptors (Lipinski definition) is 1. The third-order valence-corrected chi connectivity index (χ3v) is 2.88. The van der Waals surface area contributed by atoms with Gasteiger partial charge in [-0.25, -0.2) is 0 Å². The number of aryl methyl sites for hydroxylation is 1. The zero-order chi connectivity index (χ0) is 9.73. The Hall–Kier alpha value is -0.670. The van der Waals surface area contributed by atoms with Gasteiger partial charge in [0, 0.05) is 0 Å². The molecule has 0 aliphatic rings. The average Bonchev–Trinajstić information content (AvgIpc) is 2.04. The van der Waals surface area contributed by atoms with Crippen LogP contribution in [0.15, 0.2) is 30.3 Å². The van der Waals surface area contributed by atoms with E-state index in [0.717, 1.165) is 12.8 Å². The molecule has 1 aromatic rings. The minimum Gasteiger partial charge on any atom is -0.188 e. The van der Waals surface area contributed by atoms with Crippen molar-refractivity contribution in [1.82, 2.24) is 0 Å². The fourth-order valence-electron chi connectivity index (χ4n) is 1.19. The third-order valence-electron chi connectivity index (χ3n) is 1.83. The molecular formula is C10H15O2S+. The van der Waals surface area contributed by atoms with E-state index in [4.69, 9.17) is 4.55 Å².